The molecule has 4 nitrogen and oxygen atoms in total. The van der Waals surface area contributed by atoms with E-state index in [1.807, 2.05) is 0 Å². The minimum atomic E-state index is -0.319. The first-order valence-corrected chi connectivity index (χ1v) is 6.68. The van der Waals surface area contributed by atoms with Gasteiger partial charge in [0.25, 0.3) is 0 Å². The van der Waals surface area contributed by atoms with Crippen LogP contribution in [0.25, 0.3) is 0 Å². The van der Waals surface area contributed by atoms with Crippen LogP contribution in [0.1, 0.15) is 32.1 Å². The van der Waals surface area contributed by atoms with Crippen LogP contribution in [0.4, 0.5) is 0 Å². The minimum Gasteiger partial charge on any atom is -0.468 e. The van der Waals surface area contributed by atoms with Gasteiger partial charge in [0.15, 0.2) is 0 Å². The molecule has 1 amide bonds. The van der Waals surface area contributed by atoms with E-state index < -0.39 is 0 Å². The van der Waals surface area contributed by atoms with Gasteiger partial charge in [-0.2, -0.15) is 0 Å². The molecule has 2 rings (SSSR count). The molecule has 1 heterocycles. The van der Waals surface area contributed by atoms with Crippen LogP contribution in [-0.2, 0) is 14.3 Å². The van der Waals surface area contributed by atoms with Gasteiger partial charge in [-0.05, 0) is 12.8 Å². The molecule has 2 aliphatic rings. The van der Waals surface area contributed by atoms with Gasteiger partial charge in [-0.25, -0.2) is 0 Å². The van der Waals surface area contributed by atoms with E-state index in [-0.39, 0.29) is 23.3 Å². The molecular weight excluding hydrogens is 226 g/mol. The molecule has 0 radical (unpaired) electrons. The maximum atomic E-state index is 11.8. The molecule has 1 saturated carbocycles. The van der Waals surface area contributed by atoms with Gasteiger partial charge in [0.2, 0.25) is 5.91 Å². The van der Waals surface area contributed by atoms with Crippen LogP contribution in [0, 0.1) is 0 Å². The van der Waals surface area contributed by atoms with Crippen LogP contribution < -0.4 is 0 Å². The Kier molecular flexibility index (Phi) is 3.42. The number of amides is 1. The molecule has 0 aromatic heterocycles. The fourth-order valence-corrected chi connectivity index (χ4v) is 3.97. The van der Waals surface area contributed by atoms with Crippen molar-refractivity contribution < 1.29 is 14.3 Å². The van der Waals surface area contributed by atoms with E-state index in [2.05, 4.69) is 4.74 Å². The number of hydrogen-bond donors (Lipinski definition) is 0. The van der Waals surface area contributed by atoms with E-state index in [9.17, 15) is 9.59 Å². The Morgan fingerprint density at radius 1 is 1.44 bits per heavy atom. The monoisotopic (exact) mass is 243 g/mol. The largest absolute Gasteiger partial charge is 0.468 e. The number of ether oxygens (including phenoxy) is 1. The van der Waals surface area contributed by atoms with Gasteiger partial charge in [-0.3, -0.25) is 9.59 Å². The van der Waals surface area contributed by atoms with Crippen molar-refractivity contribution in [3.05, 3.63) is 0 Å². The number of carbonyl (C=O) groups excluding carboxylic acids is 2. The summed E-state index contributed by atoms with van der Waals surface area (Å²) in [6.07, 6.45) is 5.57. The highest BCUT2D eigenvalue weighted by Gasteiger charge is 2.47. The molecule has 1 spiro atoms. The average Bonchev–Trinajstić information content (AvgIpc) is 2.59. The highest BCUT2D eigenvalue weighted by Crippen LogP contribution is 2.46. The van der Waals surface area contributed by atoms with E-state index in [1.165, 1.54) is 13.5 Å². The van der Waals surface area contributed by atoms with Crippen LogP contribution in [0.5, 0.6) is 0 Å². The van der Waals surface area contributed by atoms with Gasteiger partial charge in [0, 0.05) is 0 Å². The van der Waals surface area contributed by atoms with Gasteiger partial charge in [-0.1, -0.05) is 19.3 Å². The maximum Gasteiger partial charge on any atom is 0.325 e. The van der Waals surface area contributed by atoms with Crippen LogP contribution in [0.2, 0.25) is 0 Å². The van der Waals surface area contributed by atoms with Crippen molar-refractivity contribution in [2.24, 2.45) is 0 Å². The number of thioether (sulfide) groups is 1. The van der Waals surface area contributed by atoms with Crippen molar-refractivity contribution in [1.29, 1.82) is 0 Å². The zero-order valence-corrected chi connectivity index (χ0v) is 10.3. The summed E-state index contributed by atoms with van der Waals surface area (Å²) in [6.45, 7) is 0.113. The fourth-order valence-electron chi connectivity index (χ4n) is 2.52. The Morgan fingerprint density at radius 3 is 2.75 bits per heavy atom. The second kappa shape index (κ2) is 4.65. The molecule has 1 aliphatic carbocycles. The molecule has 16 heavy (non-hydrogen) atoms. The number of esters is 1. The lowest BCUT2D eigenvalue weighted by atomic mass is 9.93. The number of rotatable bonds is 2. The highest BCUT2D eigenvalue weighted by atomic mass is 32.2. The molecule has 90 valence electrons. The second-order valence-electron chi connectivity index (χ2n) is 4.35. The summed E-state index contributed by atoms with van der Waals surface area (Å²) < 4.78 is 4.65. The molecule has 0 aromatic rings. The van der Waals surface area contributed by atoms with Gasteiger partial charge >= 0.3 is 5.97 Å². The lowest BCUT2D eigenvalue weighted by Crippen LogP contribution is -2.48. The van der Waals surface area contributed by atoms with Gasteiger partial charge in [0.1, 0.15) is 6.54 Å². The predicted molar refractivity (Wildman–Crippen MR) is 62.0 cm³/mol. The molecule has 5 heteroatoms. The lowest BCUT2D eigenvalue weighted by molar-refractivity contribution is -0.148. The van der Waals surface area contributed by atoms with E-state index >= 15 is 0 Å². The van der Waals surface area contributed by atoms with Crippen LogP contribution >= 0.6 is 11.8 Å². The summed E-state index contributed by atoms with van der Waals surface area (Å²) in [4.78, 5) is 24.7. The third-order valence-corrected chi connectivity index (χ3v) is 4.96. The Hall–Kier alpha value is -0.710. The normalized spacial score (nSPS) is 23.8. The van der Waals surface area contributed by atoms with Gasteiger partial charge in [0.05, 0.1) is 17.7 Å². The summed E-state index contributed by atoms with van der Waals surface area (Å²) in [5.74, 6) is 0.273. The Morgan fingerprint density at radius 2 is 2.12 bits per heavy atom. The smallest absolute Gasteiger partial charge is 0.325 e. The van der Waals surface area contributed by atoms with Crippen molar-refractivity contribution in [3.63, 3.8) is 0 Å². The summed E-state index contributed by atoms with van der Waals surface area (Å²) in [5, 5.41) is 0. The van der Waals surface area contributed by atoms with Crippen molar-refractivity contribution >= 4 is 23.6 Å². The SMILES string of the molecule is COC(=O)CN1C(=O)CSC12CCCCC2. The van der Waals surface area contributed by atoms with Crippen LogP contribution in [0.3, 0.4) is 0 Å². The van der Waals surface area contributed by atoms with Gasteiger partial charge in [-0.15, -0.1) is 11.8 Å². The molecule has 1 saturated heterocycles. The second-order valence-corrected chi connectivity index (χ2v) is 5.69. The predicted octanol–water partition coefficient (Wildman–Crippen LogP) is 1.40. The quantitative estimate of drug-likeness (QED) is 0.688. The Balaban J connectivity index is 2.11. The fraction of sp³-hybridized carbons (Fsp3) is 0.818. The number of carbonyl (C=O) groups is 2. The van der Waals surface area contributed by atoms with Crippen molar-refractivity contribution in [2.75, 3.05) is 19.4 Å². The van der Waals surface area contributed by atoms with Crippen molar-refractivity contribution in [2.45, 2.75) is 37.0 Å². The molecule has 0 N–H and O–H groups in total. The molecule has 0 atom stereocenters. The number of nitrogens with zero attached hydrogens (tertiary/aromatic N) is 1. The molecule has 0 unspecified atom stereocenters. The molecule has 0 bridgehead atoms. The lowest BCUT2D eigenvalue weighted by Gasteiger charge is -2.39. The third-order valence-electron chi connectivity index (χ3n) is 3.41. The zero-order chi connectivity index (χ0) is 11.6. The van der Waals surface area contributed by atoms with E-state index in [1.54, 1.807) is 16.7 Å². The maximum absolute atomic E-state index is 11.8. The topological polar surface area (TPSA) is 46.6 Å². The van der Waals surface area contributed by atoms with E-state index in [4.69, 9.17) is 0 Å². The number of methoxy groups -OCH3 is 1. The van der Waals surface area contributed by atoms with Crippen LogP contribution in [0.15, 0.2) is 0 Å². The Labute approximate surface area is 99.7 Å². The average molecular weight is 243 g/mol. The van der Waals surface area contributed by atoms with E-state index in [0.717, 1.165) is 25.7 Å². The minimum absolute atomic E-state index is 0.0808. The molecule has 0 aromatic carbocycles. The first-order chi connectivity index (χ1) is 7.68. The Bertz CT molecular complexity index is 300. The summed E-state index contributed by atoms with van der Waals surface area (Å²) in [5.41, 5.74) is 0. The first-order valence-electron chi connectivity index (χ1n) is 5.69. The summed E-state index contributed by atoms with van der Waals surface area (Å²) in [7, 11) is 1.36. The van der Waals surface area contributed by atoms with E-state index in [0.29, 0.717) is 5.75 Å². The zero-order valence-electron chi connectivity index (χ0n) is 9.53. The third kappa shape index (κ3) is 2.05. The molecule has 1 aliphatic heterocycles. The van der Waals surface area contributed by atoms with Crippen molar-refractivity contribution in [3.8, 4) is 0 Å². The summed E-state index contributed by atoms with van der Waals surface area (Å²) >= 11 is 1.70. The molecular formula is C11H17NO3S. The summed E-state index contributed by atoms with van der Waals surface area (Å²) in [6, 6.07) is 0. The standard InChI is InChI=1S/C11H17NO3S/c1-15-10(14)7-12-9(13)8-16-11(12)5-3-2-4-6-11/h2-8H2,1H3. The number of hydrogen-bond acceptors (Lipinski definition) is 4. The van der Waals surface area contributed by atoms with Gasteiger partial charge < -0.3 is 9.64 Å². The molecule has 2 fully saturated rings. The highest BCUT2D eigenvalue weighted by molar-refractivity contribution is 8.01. The van der Waals surface area contributed by atoms with Crippen molar-refractivity contribution in [1.82, 2.24) is 4.90 Å². The first kappa shape index (κ1) is 11.8. The van der Waals surface area contributed by atoms with Crippen LogP contribution in [-0.4, -0.2) is 41.1 Å².